The van der Waals surface area contributed by atoms with Gasteiger partial charge in [0.1, 0.15) is 0 Å². The van der Waals surface area contributed by atoms with Crippen molar-refractivity contribution >= 4 is 23.5 Å². The lowest BCUT2D eigenvalue weighted by molar-refractivity contribution is 0.0511. The van der Waals surface area contributed by atoms with Crippen molar-refractivity contribution in [3.63, 3.8) is 0 Å². The summed E-state index contributed by atoms with van der Waals surface area (Å²) in [5.41, 5.74) is 8.29. The van der Waals surface area contributed by atoms with Crippen molar-refractivity contribution in [3.05, 3.63) is 70.7 Å². The summed E-state index contributed by atoms with van der Waals surface area (Å²) < 4.78 is 5.68. The number of ether oxygens (including phenoxy) is 1. The molecule has 1 aliphatic rings. The number of hydrogen-bond donors (Lipinski definition) is 2. The number of piperidine rings is 1. The fraction of sp³-hybridized carbons (Fsp3) is 0.417. The second kappa shape index (κ2) is 10.8. The minimum atomic E-state index is 0.198. The first kappa shape index (κ1) is 22.6. The molecule has 4 rings (SSSR count). The molecule has 1 aromatic heterocycles. The van der Waals surface area contributed by atoms with Crippen LogP contribution in [-0.2, 0) is 11.2 Å². The molecule has 3 aromatic rings. The molecule has 0 unspecified atom stereocenters. The standard InChI is InChI=1S/C24H31ClN6O/c1-32-17-22(19-5-3-2-4-6-19)31(16-11-18-7-9-20(25)10-8-18)21-12-14-30(15-13-21)24-27-23(26)28-29-24/h2-10,21-22H,11-17H2,1H3,(H3,26,27,28,29)/t22-/m0/s1. The van der Waals surface area contributed by atoms with Crippen LogP contribution in [0.1, 0.15) is 30.0 Å². The highest BCUT2D eigenvalue weighted by molar-refractivity contribution is 6.30. The summed E-state index contributed by atoms with van der Waals surface area (Å²) >= 11 is 6.08. The van der Waals surface area contributed by atoms with E-state index in [4.69, 9.17) is 22.1 Å². The largest absolute Gasteiger partial charge is 0.383 e. The van der Waals surface area contributed by atoms with Crippen molar-refractivity contribution in [1.82, 2.24) is 20.1 Å². The Kier molecular flexibility index (Phi) is 7.63. The van der Waals surface area contributed by atoms with Crippen molar-refractivity contribution in [2.24, 2.45) is 0 Å². The predicted octanol–water partition coefficient (Wildman–Crippen LogP) is 3.94. The maximum Gasteiger partial charge on any atom is 0.246 e. The summed E-state index contributed by atoms with van der Waals surface area (Å²) in [6, 6.07) is 19.5. The van der Waals surface area contributed by atoms with Crippen molar-refractivity contribution in [3.8, 4) is 0 Å². The predicted molar refractivity (Wildman–Crippen MR) is 129 cm³/mol. The van der Waals surface area contributed by atoms with E-state index in [1.807, 2.05) is 12.1 Å². The lowest BCUT2D eigenvalue weighted by Gasteiger charge is -2.42. The molecular formula is C24H31ClN6O. The number of nitrogen functional groups attached to an aromatic ring is 1. The van der Waals surface area contributed by atoms with Crippen molar-refractivity contribution in [2.45, 2.75) is 31.3 Å². The molecule has 0 spiro atoms. The van der Waals surface area contributed by atoms with Crippen LogP contribution in [0.25, 0.3) is 0 Å². The van der Waals surface area contributed by atoms with Gasteiger partial charge in [-0.05, 0) is 42.5 Å². The molecular weight excluding hydrogens is 424 g/mol. The minimum Gasteiger partial charge on any atom is -0.383 e. The van der Waals surface area contributed by atoms with Crippen LogP contribution in [0.15, 0.2) is 54.6 Å². The number of H-pyrrole nitrogens is 1. The molecule has 0 radical (unpaired) electrons. The molecule has 0 aliphatic carbocycles. The molecule has 7 nitrogen and oxygen atoms in total. The molecule has 2 heterocycles. The molecule has 1 aliphatic heterocycles. The van der Waals surface area contributed by atoms with Crippen LogP contribution in [0.5, 0.6) is 0 Å². The van der Waals surface area contributed by atoms with Gasteiger partial charge in [-0.15, -0.1) is 5.10 Å². The highest BCUT2D eigenvalue weighted by Gasteiger charge is 2.31. The minimum absolute atomic E-state index is 0.198. The maximum atomic E-state index is 6.08. The van der Waals surface area contributed by atoms with Gasteiger partial charge in [0.05, 0.1) is 12.6 Å². The Balaban J connectivity index is 1.51. The van der Waals surface area contributed by atoms with Gasteiger partial charge in [0.15, 0.2) is 0 Å². The fourth-order valence-electron chi connectivity index (χ4n) is 4.52. The first-order valence-electron chi connectivity index (χ1n) is 11.1. The van der Waals surface area contributed by atoms with Gasteiger partial charge in [0.2, 0.25) is 11.9 Å². The first-order valence-corrected chi connectivity index (χ1v) is 11.5. The average Bonchev–Trinajstić information content (AvgIpc) is 3.27. The van der Waals surface area contributed by atoms with E-state index in [2.05, 4.69) is 67.4 Å². The Labute approximate surface area is 194 Å². The summed E-state index contributed by atoms with van der Waals surface area (Å²) in [6.07, 6.45) is 3.02. The zero-order valence-corrected chi connectivity index (χ0v) is 19.2. The summed E-state index contributed by atoms with van der Waals surface area (Å²) in [4.78, 5) is 9.12. The lowest BCUT2D eigenvalue weighted by atomic mass is 9.97. The number of benzene rings is 2. The van der Waals surface area contributed by atoms with Gasteiger partial charge in [-0.25, -0.2) is 5.10 Å². The molecule has 8 heteroatoms. The molecule has 2 aromatic carbocycles. The molecule has 1 saturated heterocycles. The molecule has 170 valence electrons. The second-order valence-electron chi connectivity index (χ2n) is 8.23. The van der Waals surface area contributed by atoms with Gasteiger partial charge in [-0.2, -0.15) is 4.98 Å². The summed E-state index contributed by atoms with van der Waals surface area (Å²) in [5.74, 6) is 1.04. The summed E-state index contributed by atoms with van der Waals surface area (Å²) in [5, 5.41) is 7.73. The van der Waals surface area contributed by atoms with E-state index in [1.54, 1.807) is 7.11 Å². The number of anilines is 2. The number of nitrogens with two attached hydrogens (primary N) is 1. The van der Waals surface area contributed by atoms with Gasteiger partial charge in [-0.3, -0.25) is 4.90 Å². The number of rotatable bonds is 9. The number of hydrogen-bond acceptors (Lipinski definition) is 6. The number of nitrogens with zero attached hydrogens (tertiary/aromatic N) is 4. The van der Waals surface area contributed by atoms with Crippen LogP contribution in [0.3, 0.4) is 0 Å². The molecule has 0 amide bonds. The maximum absolute atomic E-state index is 6.08. The van der Waals surface area contributed by atoms with Crippen LogP contribution < -0.4 is 10.6 Å². The molecule has 0 saturated carbocycles. The number of halogens is 1. The number of methoxy groups -OCH3 is 1. The molecule has 1 atom stereocenters. The van der Waals surface area contributed by atoms with Crippen LogP contribution in [-0.4, -0.2) is 59.5 Å². The Bertz CT molecular complexity index is 956. The van der Waals surface area contributed by atoms with Gasteiger partial charge >= 0.3 is 0 Å². The topological polar surface area (TPSA) is 83.3 Å². The Morgan fingerprint density at radius 1 is 1.16 bits per heavy atom. The van der Waals surface area contributed by atoms with Crippen LogP contribution in [0.4, 0.5) is 11.9 Å². The van der Waals surface area contributed by atoms with E-state index in [0.717, 1.165) is 43.9 Å². The third kappa shape index (κ3) is 5.59. The highest BCUT2D eigenvalue weighted by Crippen LogP contribution is 2.29. The van der Waals surface area contributed by atoms with E-state index in [9.17, 15) is 0 Å². The number of nitrogens with one attached hydrogen (secondary N) is 1. The van der Waals surface area contributed by atoms with Gasteiger partial charge in [-0.1, -0.05) is 54.1 Å². The fourth-order valence-corrected chi connectivity index (χ4v) is 4.65. The van der Waals surface area contributed by atoms with Crippen LogP contribution >= 0.6 is 11.6 Å². The van der Waals surface area contributed by atoms with Gasteiger partial charge in [0, 0.05) is 37.8 Å². The third-order valence-electron chi connectivity index (χ3n) is 6.19. The summed E-state index contributed by atoms with van der Waals surface area (Å²) in [6.45, 7) is 3.40. The normalized spacial score (nSPS) is 15.9. The van der Waals surface area contributed by atoms with Crippen LogP contribution in [0.2, 0.25) is 5.02 Å². The molecule has 0 bridgehead atoms. The Hall–Kier alpha value is -2.61. The number of aromatic nitrogens is 3. The highest BCUT2D eigenvalue weighted by atomic mass is 35.5. The van der Waals surface area contributed by atoms with Crippen molar-refractivity contribution in [1.29, 1.82) is 0 Å². The molecule has 32 heavy (non-hydrogen) atoms. The van der Waals surface area contributed by atoms with Crippen molar-refractivity contribution < 1.29 is 4.74 Å². The quantitative estimate of drug-likeness (QED) is 0.509. The van der Waals surface area contributed by atoms with Gasteiger partial charge in [0.25, 0.3) is 0 Å². The SMILES string of the molecule is COC[C@@H](c1ccccc1)N(CCc1ccc(Cl)cc1)C1CCN(c2n[nH]c(N)n2)CC1. The zero-order valence-electron chi connectivity index (χ0n) is 18.5. The van der Waals surface area contributed by atoms with E-state index in [0.29, 0.717) is 24.5 Å². The second-order valence-corrected chi connectivity index (χ2v) is 8.67. The number of aromatic amines is 1. The first-order chi connectivity index (χ1) is 15.6. The van der Waals surface area contributed by atoms with E-state index >= 15 is 0 Å². The van der Waals surface area contributed by atoms with E-state index in [-0.39, 0.29) is 6.04 Å². The smallest absolute Gasteiger partial charge is 0.246 e. The van der Waals surface area contributed by atoms with E-state index in [1.165, 1.54) is 11.1 Å². The summed E-state index contributed by atoms with van der Waals surface area (Å²) in [7, 11) is 1.78. The van der Waals surface area contributed by atoms with E-state index < -0.39 is 0 Å². The van der Waals surface area contributed by atoms with Gasteiger partial charge < -0.3 is 15.4 Å². The Morgan fingerprint density at radius 3 is 2.50 bits per heavy atom. The molecule has 1 fully saturated rings. The molecule has 3 N–H and O–H groups in total. The lowest BCUT2D eigenvalue weighted by Crippen LogP contribution is -2.48. The average molecular weight is 455 g/mol. The van der Waals surface area contributed by atoms with Crippen LogP contribution in [0, 0.1) is 0 Å². The monoisotopic (exact) mass is 454 g/mol. The Morgan fingerprint density at radius 2 is 1.88 bits per heavy atom. The van der Waals surface area contributed by atoms with Crippen molar-refractivity contribution in [2.75, 3.05) is 44.0 Å². The third-order valence-corrected chi connectivity index (χ3v) is 6.44. The zero-order chi connectivity index (χ0) is 22.3.